The summed E-state index contributed by atoms with van der Waals surface area (Å²) in [5.41, 5.74) is 8.25. The maximum Gasteiger partial charge on any atom is 0.334 e. The van der Waals surface area contributed by atoms with Crippen molar-refractivity contribution in [2.75, 3.05) is 0 Å². The van der Waals surface area contributed by atoms with E-state index in [9.17, 15) is 35.1 Å². The Morgan fingerprint density at radius 1 is 1.04 bits per heavy atom. The highest BCUT2D eigenvalue weighted by Crippen LogP contribution is 2.77. The number of fused-ring (bicyclic) bond motifs is 5. The summed E-state index contributed by atoms with van der Waals surface area (Å²) in [4.78, 5) is 44.9. The van der Waals surface area contributed by atoms with Gasteiger partial charge in [-0.2, -0.15) is 0 Å². The number of carboxylic acids is 1. The van der Waals surface area contributed by atoms with Crippen molar-refractivity contribution in [1.29, 1.82) is 0 Å². The molecule has 5 aliphatic rings. The molecule has 1 aromatic carbocycles. The van der Waals surface area contributed by atoms with E-state index in [0.717, 1.165) is 5.56 Å². The lowest BCUT2D eigenvalue weighted by molar-refractivity contribution is -0.152. The Balaban J connectivity index is 1.57. The smallest absolute Gasteiger partial charge is 0.334 e. The molecule has 6 rings (SSSR count). The van der Waals surface area contributed by atoms with Crippen LogP contribution in [0.4, 0.5) is 0 Å². The first kappa shape index (κ1) is 38.7. The highest BCUT2D eigenvalue weighted by molar-refractivity contribution is 6.01. The maximum absolute atomic E-state index is 15.0. The van der Waals surface area contributed by atoms with Crippen molar-refractivity contribution >= 4 is 29.6 Å². The van der Waals surface area contributed by atoms with Crippen LogP contribution in [0.1, 0.15) is 79.7 Å². The lowest BCUT2D eigenvalue weighted by Gasteiger charge is -2.65. The molecule has 2 saturated carbocycles. The Kier molecular flexibility index (Phi) is 9.32. The molecule has 286 valence electrons. The number of nitrogens with two attached hydrogens (primary N) is 2. The number of benzene rings is 1. The fraction of sp³-hybridized carbons (Fsp3) is 0.571. The molecule has 12 atom stereocenters. The zero-order valence-corrected chi connectivity index (χ0v) is 31.7. The Morgan fingerprint density at radius 2 is 1.68 bits per heavy atom. The number of carboxylic acid groups (broad SMARTS) is 1. The van der Waals surface area contributed by atoms with Gasteiger partial charge in [0.15, 0.2) is 11.7 Å². The number of aliphatic hydroxyl groups is 4. The SMILES string of the molecule is CC(C(=O)O)=C(O)C(O)C1C(N=C(N)N)C=CC2(CC(O)C3(C)C4=C(C(=O)CC23C)C2(C)CCC(=O)C(C)(C)C2C(C=Cc2ccccc2)C4O)C1C. The van der Waals surface area contributed by atoms with E-state index in [4.69, 9.17) is 11.5 Å². The van der Waals surface area contributed by atoms with Gasteiger partial charge in [-0.1, -0.05) is 96.2 Å². The molecule has 0 amide bonds. The number of allylic oxidation sites excluding steroid dienone is 2. The van der Waals surface area contributed by atoms with Crippen LogP contribution in [0.25, 0.3) is 6.08 Å². The first-order valence-electron chi connectivity index (χ1n) is 18.6. The minimum atomic E-state index is -1.70. The van der Waals surface area contributed by atoms with Gasteiger partial charge in [0.2, 0.25) is 0 Å². The van der Waals surface area contributed by atoms with Crippen molar-refractivity contribution in [3.63, 3.8) is 0 Å². The molecule has 0 radical (unpaired) electrons. The number of Topliss-reactive ketones (excluding diaryl/α,β-unsaturated/α-hetero) is 2. The minimum absolute atomic E-state index is 0.00769. The molecule has 53 heavy (non-hydrogen) atoms. The summed E-state index contributed by atoms with van der Waals surface area (Å²) >= 11 is 0. The van der Waals surface area contributed by atoms with Crippen molar-refractivity contribution in [1.82, 2.24) is 0 Å². The molecule has 0 saturated heterocycles. The van der Waals surface area contributed by atoms with E-state index >= 15 is 4.79 Å². The Morgan fingerprint density at radius 3 is 2.28 bits per heavy atom. The first-order valence-corrected chi connectivity index (χ1v) is 18.6. The van der Waals surface area contributed by atoms with Crippen LogP contribution in [0.15, 0.2) is 76.0 Å². The third kappa shape index (κ3) is 5.24. The molecule has 1 spiro atoms. The van der Waals surface area contributed by atoms with Gasteiger partial charge in [-0.25, -0.2) is 9.79 Å². The van der Waals surface area contributed by atoms with Crippen LogP contribution < -0.4 is 11.5 Å². The van der Waals surface area contributed by atoms with Crippen molar-refractivity contribution in [2.45, 2.75) is 98.5 Å². The number of aliphatic imine (C=N–C) groups is 1. The summed E-state index contributed by atoms with van der Waals surface area (Å²) in [6, 6.07) is 8.83. The number of aliphatic hydroxyl groups excluding tert-OH is 4. The van der Waals surface area contributed by atoms with Crippen LogP contribution in [-0.4, -0.2) is 73.4 Å². The molecular formula is C42H55N3O8. The lowest BCUT2D eigenvalue weighted by atomic mass is 9.38. The monoisotopic (exact) mass is 729 g/mol. The Hall–Kier alpha value is -4.06. The second kappa shape index (κ2) is 12.8. The molecule has 11 nitrogen and oxygen atoms in total. The Bertz CT molecular complexity index is 1880. The standard InChI is InChI=1S/C42H55N3O8/c1-21(36(52)53)32(49)34(51)29-22(2)42(18-15-25(29)45-37(43)44)20-28(48)41(7)31-30(26(46)19-40(41,42)6)39(5)17-16-27(47)38(3,4)35(39)24(33(31)50)14-13-23-11-9-8-10-12-23/h8-15,18,22,24-25,28-29,33-35,48-51H,16-17,19-20H2,1-7H3,(H,52,53)(H4,43,44,45). The number of guanidine groups is 1. The molecule has 0 aromatic heterocycles. The number of hydrogen-bond acceptors (Lipinski definition) is 8. The van der Waals surface area contributed by atoms with Gasteiger partial charge in [0.1, 0.15) is 17.6 Å². The van der Waals surface area contributed by atoms with E-state index in [0.29, 0.717) is 17.6 Å². The van der Waals surface area contributed by atoms with Gasteiger partial charge in [-0.3, -0.25) is 9.59 Å². The van der Waals surface area contributed by atoms with Gasteiger partial charge in [0.05, 0.1) is 23.8 Å². The van der Waals surface area contributed by atoms with Crippen LogP contribution in [0.2, 0.25) is 0 Å². The number of nitrogens with zero attached hydrogens (tertiary/aromatic N) is 1. The maximum atomic E-state index is 15.0. The van der Waals surface area contributed by atoms with Crippen molar-refractivity contribution in [3.8, 4) is 0 Å². The second-order valence-electron chi connectivity index (χ2n) is 17.5. The minimum Gasteiger partial charge on any atom is -0.509 e. The summed E-state index contributed by atoms with van der Waals surface area (Å²) in [5, 5.41) is 57.7. The van der Waals surface area contributed by atoms with Gasteiger partial charge in [0, 0.05) is 51.9 Å². The molecule has 11 heteroatoms. The first-order chi connectivity index (χ1) is 24.6. The van der Waals surface area contributed by atoms with Crippen molar-refractivity contribution < 1.29 is 39.9 Å². The summed E-state index contributed by atoms with van der Waals surface area (Å²) < 4.78 is 0. The third-order valence-corrected chi connectivity index (χ3v) is 15.0. The number of carbonyl (C=O) groups excluding carboxylic acids is 2. The average Bonchev–Trinajstić information content (AvgIpc) is 3.26. The van der Waals surface area contributed by atoms with Gasteiger partial charge < -0.3 is 37.0 Å². The van der Waals surface area contributed by atoms with Crippen LogP contribution in [0.3, 0.4) is 0 Å². The zero-order chi connectivity index (χ0) is 39.2. The quantitative estimate of drug-likeness (QED) is 0.0716. The molecule has 0 heterocycles. The van der Waals surface area contributed by atoms with Gasteiger partial charge in [0.25, 0.3) is 0 Å². The van der Waals surface area contributed by atoms with Crippen LogP contribution in [0, 0.1) is 50.7 Å². The van der Waals surface area contributed by atoms with Gasteiger partial charge in [-0.05, 0) is 48.2 Å². The molecular weight excluding hydrogens is 674 g/mol. The van der Waals surface area contributed by atoms with Crippen LogP contribution in [-0.2, 0) is 14.4 Å². The third-order valence-electron chi connectivity index (χ3n) is 15.0. The Labute approximate surface area is 311 Å². The largest absolute Gasteiger partial charge is 0.509 e. The van der Waals surface area contributed by atoms with Crippen molar-refractivity contribution in [2.24, 2.45) is 67.2 Å². The van der Waals surface area contributed by atoms with E-state index in [1.807, 2.05) is 90.1 Å². The lowest BCUT2D eigenvalue weighted by Crippen LogP contribution is -2.64. The van der Waals surface area contributed by atoms with E-state index in [1.54, 1.807) is 6.08 Å². The van der Waals surface area contributed by atoms with E-state index < -0.39 is 92.4 Å². The fourth-order valence-corrected chi connectivity index (χ4v) is 12.1. The highest BCUT2D eigenvalue weighted by Gasteiger charge is 2.76. The summed E-state index contributed by atoms with van der Waals surface area (Å²) in [6.07, 6.45) is 4.45. The number of aliphatic carboxylic acids is 1. The molecule has 5 aliphatic carbocycles. The topological polar surface area (TPSA) is 217 Å². The molecule has 0 aliphatic heterocycles. The fourth-order valence-electron chi connectivity index (χ4n) is 12.1. The predicted octanol–water partition coefficient (Wildman–Crippen LogP) is 4.48. The molecule has 12 unspecified atom stereocenters. The highest BCUT2D eigenvalue weighted by atomic mass is 16.4. The van der Waals surface area contributed by atoms with E-state index in [2.05, 4.69) is 4.99 Å². The van der Waals surface area contributed by atoms with Gasteiger partial charge in [-0.15, -0.1) is 0 Å². The van der Waals surface area contributed by atoms with E-state index in [1.165, 1.54) is 6.92 Å². The molecule has 9 N–H and O–H groups in total. The molecule has 1 aromatic rings. The summed E-state index contributed by atoms with van der Waals surface area (Å²) in [6.45, 7) is 12.8. The predicted molar refractivity (Wildman–Crippen MR) is 201 cm³/mol. The average molecular weight is 730 g/mol. The van der Waals surface area contributed by atoms with Gasteiger partial charge >= 0.3 is 5.97 Å². The number of rotatable bonds is 6. The van der Waals surface area contributed by atoms with Crippen molar-refractivity contribution in [3.05, 3.63) is 76.6 Å². The van der Waals surface area contributed by atoms with Crippen LogP contribution >= 0.6 is 0 Å². The molecule has 0 bridgehead atoms. The number of hydrogen-bond donors (Lipinski definition) is 7. The normalized spacial score (nSPS) is 41.4. The molecule has 2 fully saturated rings. The summed E-state index contributed by atoms with van der Waals surface area (Å²) in [5.74, 6) is -5.02. The number of ketones is 2. The zero-order valence-electron chi connectivity index (χ0n) is 31.7. The second-order valence-corrected chi connectivity index (χ2v) is 17.5. The van der Waals surface area contributed by atoms with E-state index in [-0.39, 0.29) is 36.8 Å². The number of carbonyl (C=O) groups is 3. The van der Waals surface area contributed by atoms with Crippen LogP contribution in [0.5, 0.6) is 0 Å². The summed E-state index contributed by atoms with van der Waals surface area (Å²) in [7, 11) is 0.